The van der Waals surface area contributed by atoms with Gasteiger partial charge in [0.05, 0.1) is 19.8 Å². The van der Waals surface area contributed by atoms with Gasteiger partial charge in [-0.3, -0.25) is 9.59 Å². The molecule has 2 aliphatic rings. The Kier molecular flexibility index (Phi) is 10.9. The molecule has 0 saturated heterocycles. The molecule has 1 spiro atoms. The van der Waals surface area contributed by atoms with E-state index in [-0.39, 0.29) is 18.5 Å². The fourth-order valence-electron chi connectivity index (χ4n) is 6.66. The zero-order valence-corrected chi connectivity index (χ0v) is 27.8. The van der Waals surface area contributed by atoms with Crippen molar-refractivity contribution in [3.05, 3.63) is 81.9 Å². The number of rotatable bonds is 16. The third-order valence-electron chi connectivity index (χ3n) is 8.77. The summed E-state index contributed by atoms with van der Waals surface area (Å²) in [5.74, 6) is 1.25. The van der Waals surface area contributed by atoms with Crippen molar-refractivity contribution in [2.75, 3.05) is 63.8 Å². The zero-order chi connectivity index (χ0) is 32.7. The fourth-order valence-corrected chi connectivity index (χ4v) is 6.66. The molecule has 46 heavy (non-hydrogen) atoms. The second kappa shape index (κ2) is 15.0. The standard InChI is InChI=1S/C37H47N3O6/c1-6-38-31-23-33-29(21-25(31)3)37(30-22-26(4)32(39-7-2)24-34(30)46-33)28-14-11-10-13-27(28)36(42)40(37)16-12-8-9-15-35(41)45-20-19-44-18-17-43-5/h10-11,13-14,21-24,38-39H,6-9,12,15-20H2,1-5H3. The van der Waals surface area contributed by atoms with Crippen molar-refractivity contribution in [1.29, 1.82) is 0 Å². The number of carbonyl (C=O) groups is 2. The maximum absolute atomic E-state index is 14.3. The Hall–Kier alpha value is -4.08. The molecule has 3 aromatic carbocycles. The van der Waals surface area contributed by atoms with Crippen LogP contribution in [0.2, 0.25) is 0 Å². The molecule has 0 fully saturated rings. The van der Waals surface area contributed by atoms with Crippen molar-refractivity contribution in [3.63, 3.8) is 0 Å². The lowest BCUT2D eigenvalue weighted by atomic mass is 9.73. The van der Waals surface area contributed by atoms with Gasteiger partial charge in [0.2, 0.25) is 0 Å². The highest BCUT2D eigenvalue weighted by Crippen LogP contribution is 2.58. The molecule has 3 aromatic rings. The Morgan fingerprint density at radius 3 is 2.09 bits per heavy atom. The van der Waals surface area contributed by atoms with Gasteiger partial charge in [0.25, 0.3) is 5.91 Å². The third-order valence-corrected chi connectivity index (χ3v) is 8.77. The van der Waals surface area contributed by atoms with Crippen molar-refractivity contribution in [1.82, 2.24) is 4.90 Å². The Bertz CT molecular complexity index is 1490. The van der Waals surface area contributed by atoms with Gasteiger partial charge in [0.15, 0.2) is 0 Å². The number of nitrogens with one attached hydrogen (secondary N) is 2. The molecule has 0 aliphatic carbocycles. The second-order valence-corrected chi connectivity index (χ2v) is 11.8. The van der Waals surface area contributed by atoms with Crippen LogP contribution in [0.3, 0.4) is 0 Å². The minimum absolute atomic E-state index is 0.00380. The van der Waals surface area contributed by atoms with Crippen molar-refractivity contribution in [2.45, 2.75) is 58.9 Å². The van der Waals surface area contributed by atoms with E-state index < -0.39 is 5.54 Å². The molecular formula is C37H47N3O6. The van der Waals surface area contributed by atoms with E-state index in [2.05, 4.69) is 68.7 Å². The van der Waals surface area contributed by atoms with Crippen LogP contribution in [0.15, 0.2) is 48.5 Å². The quantitative estimate of drug-likeness (QED) is 0.132. The van der Waals surface area contributed by atoms with E-state index in [0.29, 0.717) is 44.8 Å². The minimum Gasteiger partial charge on any atom is -0.463 e. The first-order chi connectivity index (χ1) is 22.4. The van der Waals surface area contributed by atoms with Gasteiger partial charge in [-0.15, -0.1) is 0 Å². The molecule has 0 aromatic heterocycles. The Morgan fingerprint density at radius 1 is 0.826 bits per heavy atom. The monoisotopic (exact) mass is 629 g/mol. The summed E-state index contributed by atoms with van der Waals surface area (Å²) >= 11 is 0. The summed E-state index contributed by atoms with van der Waals surface area (Å²) < 4.78 is 22.3. The number of methoxy groups -OCH3 is 1. The molecule has 2 aliphatic heterocycles. The number of carbonyl (C=O) groups excluding carboxylic acids is 2. The van der Waals surface area contributed by atoms with Gasteiger partial charge in [-0.2, -0.15) is 0 Å². The molecule has 5 rings (SSSR count). The smallest absolute Gasteiger partial charge is 0.305 e. The maximum Gasteiger partial charge on any atom is 0.305 e. The fraction of sp³-hybridized carbons (Fsp3) is 0.459. The topological polar surface area (TPSA) is 98.4 Å². The van der Waals surface area contributed by atoms with Gasteiger partial charge >= 0.3 is 5.97 Å². The summed E-state index contributed by atoms with van der Waals surface area (Å²) in [6.45, 7) is 12.0. The number of fused-ring (bicyclic) bond motifs is 6. The Balaban J connectivity index is 1.45. The summed E-state index contributed by atoms with van der Waals surface area (Å²) in [5, 5.41) is 6.94. The second-order valence-electron chi connectivity index (χ2n) is 11.8. The average Bonchev–Trinajstić information content (AvgIpc) is 3.29. The summed E-state index contributed by atoms with van der Waals surface area (Å²) in [7, 11) is 1.62. The average molecular weight is 630 g/mol. The van der Waals surface area contributed by atoms with Crippen LogP contribution in [0.5, 0.6) is 11.5 Å². The van der Waals surface area contributed by atoms with E-state index in [9.17, 15) is 9.59 Å². The van der Waals surface area contributed by atoms with E-state index in [1.54, 1.807) is 7.11 Å². The molecule has 0 atom stereocenters. The lowest BCUT2D eigenvalue weighted by Gasteiger charge is -2.45. The van der Waals surface area contributed by atoms with Gasteiger partial charge in [0.1, 0.15) is 23.6 Å². The summed E-state index contributed by atoms with van der Waals surface area (Å²) in [6.07, 6.45) is 2.53. The highest BCUT2D eigenvalue weighted by molar-refractivity contribution is 6.02. The number of nitrogens with zero attached hydrogens (tertiary/aromatic N) is 1. The molecule has 0 unspecified atom stereocenters. The van der Waals surface area contributed by atoms with Crippen molar-refractivity contribution >= 4 is 23.3 Å². The van der Waals surface area contributed by atoms with Crippen molar-refractivity contribution in [2.24, 2.45) is 0 Å². The van der Waals surface area contributed by atoms with Crippen LogP contribution >= 0.6 is 0 Å². The van der Waals surface area contributed by atoms with Gasteiger partial charge < -0.3 is 34.5 Å². The molecule has 9 heteroatoms. The highest BCUT2D eigenvalue weighted by atomic mass is 16.6. The lowest BCUT2D eigenvalue weighted by molar-refractivity contribution is -0.145. The lowest BCUT2D eigenvalue weighted by Crippen LogP contribution is -2.47. The van der Waals surface area contributed by atoms with Crippen molar-refractivity contribution < 1.29 is 28.5 Å². The zero-order valence-electron chi connectivity index (χ0n) is 27.8. The molecule has 0 radical (unpaired) electrons. The normalized spacial score (nSPS) is 14.0. The number of hydrogen-bond acceptors (Lipinski definition) is 8. The number of unbranched alkanes of at least 4 members (excludes halogenated alkanes) is 2. The summed E-state index contributed by atoms with van der Waals surface area (Å²) in [4.78, 5) is 28.7. The number of ether oxygens (including phenoxy) is 4. The first-order valence-electron chi connectivity index (χ1n) is 16.5. The number of anilines is 2. The minimum atomic E-state index is -0.858. The maximum atomic E-state index is 14.3. The van der Waals surface area contributed by atoms with Gasteiger partial charge in [-0.1, -0.05) is 24.6 Å². The van der Waals surface area contributed by atoms with E-state index in [0.717, 1.165) is 76.6 Å². The van der Waals surface area contributed by atoms with Crippen LogP contribution < -0.4 is 15.4 Å². The van der Waals surface area contributed by atoms with Crippen LogP contribution in [0.4, 0.5) is 11.4 Å². The van der Waals surface area contributed by atoms with Crippen LogP contribution in [0.1, 0.15) is 77.7 Å². The molecule has 2 N–H and O–H groups in total. The Morgan fingerprint density at radius 2 is 1.46 bits per heavy atom. The molecule has 1 amide bonds. The summed E-state index contributed by atoms with van der Waals surface area (Å²) in [5.41, 5.74) is 6.94. The van der Waals surface area contributed by atoms with E-state index in [1.165, 1.54) is 0 Å². The largest absolute Gasteiger partial charge is 0.463 e. The first kappa shape index (κ1) is 33.3. The van der Waals surface area contributed by atoms with Crippen LogP contribution in [0.25, 0.3) is 0 Å². The molecule has 0 bridgehead atoms. The van der Waals surface area contributed by atoms with Crippen LogP contribution in [-0.4, -0.2) is 69.9 Å². The van der Waals surface area contributed by atoms with E-state index >= 15 is 0 Å². The predicted molar refractivity (Wildman–Crippen MR) is 180 cm³/mol. The van der Waals surface area contributed by atoms with Gasteiger partial charge in [0, 0.05) is 73.4 Å². The predicted octanol–water partition coefficient (Wildman–Crippen LogP) is 6.79. The number of benzene rings is 3. The molecule has 9 nitrogen and oxygen atoms in total. The highest BCUT2D eigenvalue weighted by Gasteiger charge is 2.56. The van der Waals surface area contributed by atoms with Crippen LogP contribution in [-0.2, 0) is 24.5 Å². The summed E-state index contributed by atoms with van der Waals surface area (Å²) in [6, 6.07) is 16.5. The number of aryl methyl sites for hydroxylation is 2. The SMILES string of the molecule is CCNc1cc2c(cc1C)C1(c3cc(C)c(NCC)cc3O2)c2ccccc2C(=O)N1CCCCCC(=O)OCCOCCOC. The van der Waals surface area contributed by atoms with E-state index in [1.807, 2.05) is 23.1 Å². The molecular weight excluding hydrogens is 582 g/mol. The first-order valence-corrected chi connectivity index (χ1v) is 16.5. The van der Waals surface area contributed by atoms with Gasteiger partial charge in [-0.25, -0.2) is 0 Å². The number of esters is 1. The van der Waals surface area contributed by atoms with Crippen LogP contribution in [0, 0.1) is 13.8 Å². The van der Waals surface area contributed by atoms with Gasteiger partial charge in [-0.05, 0) is 75.4 Å². The molecule has 2 heterocycles. The van der Waals surface area contributed by atoms with E-state index in [4.69, 9.17) is 18.9 Å². The third kappa shape index (κ3) is 6.44. The van der Waals surface area contributed by atoms with Crippen molar-refractivity contribution in [3.8, 4) is 11.5 Å². The molecule has 0 saturated carbocycles. The Labute approximate surface area is 272 Å². The molecule has 246 valence electrons. The number of amides is 1. The number of hydrogen-bond donors (Lipinski definition) is 2.